The van der Waals surface area contributed by atoms with E-state index in [1.807, 2.05) is 19.1 Å². The predicted molar refractivity (Wildman–Crippen MR) is 143 cm³/mol. The van der Waals surface area contributed by atoms with Gasteiger partial charge in [-0.3, -0.25) is 9.78 Å². The van der Waals surface area contributed by atoms with Crippen LogP contribution in [0.15, 0.2) is 48.8 Å². The Labute approximate surface area is 225 Å². The lowest BCUT2D eigenvalue weighted by molar-refractivity contribution is -0.141. The minimum absolute atomic E-state index is 0.135. The van der Waals surface area contributed by atoms with E-state index in [1.54, 1.807) is 25.4 Å². The molecule has 0 radical (unpaired) electrons. The summed E-state index contributed by atoms with van der Waals surface area (Å²) in [4.78, 5) is 22.9. The Kier molecular flexibility index (Phi) is 9.17. The highest BCUT2D eigenvalue weighted by Crippen LogP contribution is 2.32. The first kappa shape index (κ1) is 28.1. The summed E-state index contributed by atoms with van der Waals surface area (Å²) < 4.78 is 49.7. The van der Waals surface area contributed by atoms with Crippen molar-refractivity contribution in [1.82, 2.24) is 9.97 Å². The van der Waals surface area contributed by atoms with Crippen molar-refractivity contribution < 1.29 is 27.4 Å². The van der Waals surface area contributed by atoms with Crippen molar-refractivity contribution in [3.63, 3.8) is 0 Å². The van der Waals surface area contributed by atoms with E-state index in [-0.39, 0.29) is 5.56 Å². The molecule has 0 bridgehead atoms. The molecule has 10 heteroatoms. The summed E-state index contributed by atoms with van der Waals surface area (Å²) in [5.41, 5.74) is 3.38. The Balaban J connectivity index is 1.62. The standard InChI is InChI=1S/C29H29F3N4O3/c1-20-7-8-23(35-28(37)21-9-10-33-27(17-21)29(30,31)32)18-24(20)22-16-26(36-11-14-39-15-12-36)25(34-19-22)6-4-3-5-13-38-2/h7-10,16-19H,3,5,11-15H2,1-2H3,(H,35,37). The second-order valence-electron chi connectivity index (χ2n) is 9.00. The first-order valence-electron chi connectivity index (χ1n) is 12.5. The number of benzene rings is 1. The van der Waals surface area contributed by atoms with E-state index < -0.39 is 17.8 Å². The maximum Gasteiger partial charge on any atom is 0.433 e. The van der Waals surface area contributed by atoms with Crippen molar-refractivity contribution in [3.05, 3.63) is 71.3 Å². The number of alkyl halides is 3. The number of nitrogens with one attached hydrogen (secondary N) is 1. The van der Waals surface area contributed by atoms with Gasteiger partial charge in [-0.2, -0.15) is 13.2 Å². The van der Waals surface area contributed by atoms with E-state index in [9.17, 15) is 18.0 Å². The zero-order valence-corrected chi connectivity index (χ0v) is 21.8. The van der Waals surface area contributed by atoms with E-state index in [0.717, 1.165) is 41.1 Å². The number of anilines is 2. The van der Waals surface area contributed by atoms with Gasteiger partial charge in [0.05, 0.1) is 18.9 Å². The Bertz CT molecular complexity index is 1380. The Hall–Kier alpha value is -3.94. The molecule has 1 N–H and O–H groups in total. The van der Waals surface area contributed by atoms with Gasteiger partial charge in [-0.1, -0.05) is 12.0 Å². The van der Waals surface area contributed by atoms with Crippen LogP contribution in [-0.4, -0.2) is 55.9 Å². The molecule has 1 amide bonds. The lowest BCUT2D eigenvalue weighted by Crippen LogP contribution is -2.36. The summed E-state index contributed by atoms with van der Waals surface area (Å²) in [6.45, 7) is 5.23. The molecule has 39 heavy (non-hydrogen) atoms. The van der Waals surface area contributed by atoms with Gasteiger partial charge in [0.1, 0.15) is 11.4 Å². The fourth-order valence-electron chi connectivity index (χ4n) is 4.13. The molecule has 3 heterocycles. The largest absolute Gasteiger partial charge is 0.433 e. The fourth-order valence-corrected chi connectivity index (χ4v) is 4.13. The number of unbranched alkanes of at least 4 members (excludes halogenated alkanes) is 1. The summed E-state index contributed by atoms with van der Waals surface area (Å²) in [5, 5.41) is 2.69. The molecule has 1 aliphatic rings. The molecule has 7 nitrogen and oxygen atoms in total. The number of aryl methyl sites for hydroxylation is 1. The summed E-state index contributed by atoms with van der Waals surface area (Å²) in [6.07, 6.45) is -0.389. The van der Waals surface area contributed by atoms with Crippen LogP contribution in [0.4, 0.5) is 24.5 Å². The fraction of sp³-hybridized carbons (Fsp3) is 0.345. The van der Waals surface area contributed by atoms with Gasteiger partial charge in [-0.15, -0.1) is 0 Å². The number of aromatic nitrogens is 2. The van der Waals surface area contributed by atoms with Crippen molar-refractivity contribution in [2.75, 3.05) is 50.2 Å². The third-order valence-corrected chi connectivity index (χ3v) is 6.20. The van der Waals surface area contributed by atoms with Gasteiger partial charge in [-0.25, -0.2) is 4.98 Å². The molecule has 0 unspecified atom stereocenters. The number of rotatable bonds is 7. The van der Waals surface area contributed by atoms with Gasteiger partial charge in [0, 0.05) is 62.4 Å². The molecule has 4 rings (SSSR count). The van der Waals surface area contributed by atoms with Crippen LogP contribution in [-0.2, 0) is 15.7 Å². The second-order valence-corrected chi connectivity index (χ2v) is 9.00. The van der Waals surface area contributed by atoms with Gasteiger partial charge in [0.2, 0.25) is 0 Å². The van der Waals surface area contributed by atoms with E-state index in [2.05, 4.69) is 32.0 Å². The molecule has 0 aliphatic carbocycles. The van der Waals surface area contributed by atoms with Crippen LogP contribution >= 0.6 is 0 Å². The minimum atomic E-state index is -4.64. The number of halogens is 3. The zero-order valence-electron chi connectivity index (χ0n) is 21.8. The molecular weight excluding hydrogens is 509 g/mol. The first-order valence-corrected chi connectivity index (χ1v) is 12.5. The normalized spacial score (nSPS) is 13.5. The highest BCUT2D eigenvalue weighted by molar-refractivity contribution is 6.04. The maximum absolute atomic E-state index is 13.0. The van der Waals surface area contributed by atoms with Crippen LogP contribution in [0.1, 0.15) is 40.2 Å². The summed E-state index contributed by atoms with van der Waals surface area (Å²) in [5.74, 6) is 5.70. The smallest absolute Gasteiger partial charge is 0.385 e. The maximum atomic E-state index is 13.0. The lowest BCUT2D eigenvalue weighted by atomic mass is 10.00. The lowest BCUT2D eigenvalue weighted by Gasteiger charge is -2.29. The van der Waals surface area contributed by atoms with Crippen molar-refractivity contribution in [2.24, 2.45) is 0 Å². The minimum Gasteiger partial charge on any atom is -0.385 e. The van der Waals surface area contributed by atoms with Crippen molar-refractivity contribution in [2.45, 2.75) is 25.9 Å². The number of hydrogen-bond donors (Lipinski definition) is 1. The number of ether oxygens (including phenoxy) is 2. The second kappa shape index (κ2) is 12.7. The SMILES string of the molecule is COCCCC#Cc1ncc(-c2cc(NC(=O)c3ccnc(C(F)(F)F)c3)ccc2C)cc1N1CCOCC1. The van der Waals surface area contributed by atoms with E-state index in [0.29, 0.717) is 50.7 Å². The predicted octanol–water partition coefficient (Wildman–Crippen LogP) is 5.34. The number of carbonyl (C=O) groups is 1. The molecule has 1 fully saturated rings. The molecule has 2 aromatic heterocycles. The average Bonchev–Trinajstić information content (AvgIpc) is 2.94. The third kappa shape index (κ3) is 7.34. The molecule has 1 aliphatic heterocycles. The molecule has 0 spiro atoms. The Morgan fingerprint density at radius 2 is 1.95 bits per heavy atom. The summed E-state index contributed by atoms with van der Waals surface area (Å²) in [7, 11) is 1.66. The zero-order chi connectivity index (χ0) is 27.8. The van der Waals surface area contributed by atoms with Crippen LogP contribution < -0.4 is 10.2 Å². The summed E-state index contributed by atoms with van der Waals surface area (Å²) in [6, 6.07) is 9.35. The quantitative estimate of drug-likeness (QED) is 0.323. The number of pyridine rings is 2. The highest BCUT2D eigenvalue weighted by atomic mass is 19.4. The molecule has 1 aromatic carbocycles. The number of amides is 1. The molecule has 1 saturated heterocycles. The number of hydrogen-bond acceptors (Lipinski definition) is 6. The van der Waals surface area contributed by atoms with Gasteiger partial charge < -0.3 is 19.7 Å². The average molecular weight is 539 g/mol. The summed E-state index contributed by atoms with van der Waals surface area (Å²) >= 11 is 0. The molecule has 0 saturated carbocycles. The van der Waals surface area contributed by atoms with Crippen LogP contribution in [0.2, 0.25) is 0 Å². The number of carbonyl (C=O) groups excluding carboxylic acids is 1. The molecule has 204 valence electrons. The van der Waals surface area contributed by atoms with Crippen LogP contribution in [0.3, 0.4) is 0 Å². The topological polar surface area (TPSA) is 76.6 Å². The molecule has 0 atom stereocenters. The van der Waals surface area contributed by atoms with Gasteiger partial charge >= 0.3 is 6.18 Å². The van der Waals surface area contributed by atoms with Crippen LogP contribution in [0.25, 0.3) is 11.1 Å². The Morgan fingerprint density at radius 3 is 2.69 bits per heavy atom. The van der Waals surface area contributed by atoms with Crippen molar-refractivity contribution in [1.29, 1.82) is 0 Å². The number of methoxy groups -OCH3 is 1. The van der Waals surface area contributed by atoms with Crippen molar-refractivity contribution >= 4 is 17.3 Å². The van der Waals surface area contributed by atoms with Crippen LogP contribution in [0, 0.1) is 18.8 Å². The number of morpholine rings is 1. The van der Waals surface area contributed by atoms with E-state index in [4.69, 9.17) is 9.47 Å². The van der Waals surface area contributed by atoms with Crippen molar-refractivity contribution in [3.8, 4) is 23.0 Å². The van der Waals surface area contributed by atoms with E-state index >= 15 is 0 Å². The van der Waals surface area contributed by atoms with E-state index in [1.165, 1.54) is 6.07 Å². The monoisotopic (exact) mass is 538 g/mol. The van der Waals surface area contributed by atoms with Gasteiger partial charge in [0.25, 0.3) is 5.91 Å². The molecular formula is C29H29F3N4O3. The van der Waals surface area contributed by atoms with Gasteiger partial charge in [0.15, 0.2) is 0 Å². The van der Waals surface area contributed by atoms with Gasteiger partial charge in [-0.05, 0) is 60.7 Å². The third-order valence-electron chi connectivity index (χ3n) is 6.20. The van der Waals surface area contributed by atoms with Crippen LogP contribution in [0.5, 0.6) is 0 Å². The highest BCUT2D eigenvalue weighted by Gasteiger charge is 2.33. The first-order chi connectivity index (χ1) is 18.8. The Morgan fingerprint density at radius 1 is 1.15 bits per heavy atom. The molecule has 3 aromatic rings. The number of nitrogens with zero attached hydrogens (tertiary/aromatic N) is 3.